The predicted molar refractivity (Wildman–Crippen MR) is 384 cm³/mol. The maximum Gasteiger partial charge on any atom is 0.161 e. The molecule has 0 amide bonds. The normalized spacial score (nSPS) is 12.0. The molecule has 0 bridgehead atoms. The fourth-order valence-corrected chi connectivity index (χ4v) is 16.6. The third-order valence-electron chi connectivity index (χ3n) is 18.4. The first-order chi connectivity index (χ1) is 44.6. The Kier molecular flexibility index (Phi) is 11.4. The predicted octanol–water partition coefficient (Wildman–Crippen LogP) is 24.8. The van der Waals surface area contributed by atoms with Gasteiger partial charge < -0.3 is 18.0 Å². The Hall–Kier alpha value is -11.3. The van der Waals surface area contributed by atoms with Crippen LogP contribution in [0.25, 0.3) is 184 Å². The van der Waals surface area contributed by atoms with Crippen LogP contribution >= 0.6 is 22.7 Å². The maximum atomic E-state index is 6.68. The smallest absolute Gasteiger partial charge is 0.161 e. The molecule has 20 rings (SSSR count). The van der Waals surface area contributed by atoms with Gasteiger partial charge in [0.2, 0.25) is 0 Å². The van der Waals surface area contributed by atoms with Crippen molar-refractivity contribution in [2.75, 3.05) is 0 Å². The monoisotopic (exact) mass is 1180 g/mol. The van der Waals surface area contributed by atoms with E-state index in [1.165, 1.54) is 95.3 Å². The van der Waals surface area contributed by atoms with E-state index in [0.29, 0.717) is 0 Å². The number of hydrogen-bond donors (Lipinski definition) is 0. The Morgan fingerprint density at radius 3 is 1.19 bits per heavy atom. The van der Waals surface area contributed by atoms with E-state index in [-0.39, 0.29) is 0 Å². The minimum atomic E-state index is 0.898. The summed E-state index contributed by atoms with van der Waals surface area (Å²) in [7, 11) is 0. The molecule has 6 heteroatoms. The van der Waals surface area contributed by atoms with Crippen LogP contribution in [0, 0.1) is 0 Å². The molecule has 0 radical (unpaired) electrons. The number of benzene rings is 14. The summed E-state index contributed by atoms with van der Waals surface area (Å²) in [6.07, 6.45) is 0. The van der Waals surface area contributed by atoms with Crippen molar-refractivity contribution in [2.24, 2.45) is 0 Å². The van der Waals surface area contributed by atoms with Crippen molar-refractivity contribution in [3.63, 3.8) is 0 Å². The first-order valence-electron chi connectivity index (χ1n) is 30.5. The van der Waals surface area contributed by atoms with Gasteiger partial charge in [-0.2, -0.15) is 0 Å². The second kappa shape index (κ2) is 20.1. The average Bonchev–Trinajstić information content (AvgIpc) is 1.90. The molecule has 0 fully saturated rings. The number of aromatic nitrogens is 2. The molecule has 14 aromatic carbocycles. The Labute approximate surface area is 524 Å². The van der Waals surface area contributed by atoms with Crippen molar-refractivity contribution in [2.45, 2.75) is 0 Å². The lowest BCUT2D eigenvalue weighted by Gasteiger charge is -2.11. The van der Waals surface area contributed by atoms with Gasteiger partial charge >= 0.3 is 0 Å². The SMILES string of the molecule is c1ccc(-n2c3ccccc3c3oc4cc(-c5ccccc5-c5ccc6c(c5)sc5cc7ccccc7cc56)ccc4c32)cc1.c1ccc(-n2c3ccccc3c3oc4cc(-c5ccccc5-c5ccc6c(c5)sc5ccc7ccccc7c56)ccc4c32)cc1. The minimum Gasteiger partial charge on any atom is -0.454 e. The van der Waals surface area contributed by atoms with Crippen molar-refractivity contribution in [1.82, 2.24) is 9.13 Å². The lowest BCUT2D eigenvalue weighted by atomic mass is 9.93. The van der Waals surface area contributed by atoms with Gasteiger partial charge in [-0.1, -0.05) is 200 Å². The highest BCUT2D eigenvalue weighted by atomic mass is 32.1. The van der Waals surface area contributed by atoms with Crippen LogP contribution in [0.15, 0.2) is 312 Å². The molecule has 0 N–H and O–H groups in total. The summed E-state index contributed by atoms with van der Waals surface area (Å²) in [4.78, 5) is 0. The molecule has 0 aliphatic carbocycles. The zero-order valence-corrected chi connectivity index (χ0v) is 50.0. The summed E-state index contributed by atoms with van der Waals surface area (Å²) in [5.41, 5.74) is 20.0. The Balaban J connectivity index is 0.000000130. The van der Waals surface area contributed by atoms with E-state index in [9.17, 15) is 0 Å². The molecule has 420 valence electrons. The van der Waals surface area contributed by atoms with Crippen LogP contribution in [0.1, 0.15) is 0 Å². The molecule has 0 spiro atoms. The second-order valence-electron chi connectivity index (χ2n) is 23.4. The van der Waals surface area contributed by atoms with Crippen molar-refractivity contribution in [1.29, 1.82) is 0 Å². The Morgan fingerprint density at radius 1 is 0.244 bits per heavy atom. The van der Waals surface area contributed by atoms with Crippen molar-refractivity contribution in [3.8, 4) is 55.9 Å². The summed E-state index contributed by atoms with van der Waals surface area (Å²) >= 11 is 3.75. The lowest BCUT2D eigenvalue weighted by molar-refractivity contribution is 0.672. The average molecular weight is 1180 g/mol. The van der Waals surface area contributed by atoms with Gasteiger partial charge in [-0.25, -0.2) is 0 Å². The summed E-state index contributed by atoms with van der Waals surface area (Å²) in [6.45, 7) is 0. The van der Waals surface area contributed by atoms with E-state index >= 15 is 0 Å². The van der Waals surface area contributed by atoms with E-state index in [1.807, 2.05) is 22.7 Å². The molecule has 0 aliphatic heterocycles. The van der Waals surface area contributed by atoms with Crippen LogP contribution in [0.4, 0.5) is 0 Å². The number of hydrogen-bond acceptors (Lipinski definition) is 4. The van der Waals surface area contributed by atoms with Gasteiger partial charge in [0.1, 0.15) is 22.2 Å². The molecule has 4 nitrogen and oxygen atoms in total. The van der Waals surface area contributed by atoms with Gasteiger partial charge in [0.25, 0.3) is 0 Å². The van der Waals surface area contributed by atoms with Crippen molar-refractivity contribution in [3.05, 3.63) is 303 Å². The molecule has 20 aromatic rings. The lowest BCUT2D eigenvalue weighted by Crippen LogP contribution is -1.92. The second-order valence-corrected chi connectivity index (χ2v) is 25.6. The van der Waals surface area contributed by atoms with Gasteiger partial charge in [-0.05, 0) is 169 Å². The van der Waals surface area contributed by atoms with E-state index in [2.05, 4.69) is 312 Å². The molecule has 0 atom stereocenters. The van der Waals surface area contributed by atoms with Crippen LogP contribution in [-0.4, -0.2) is 9.13 Å². The summed E-state index contributed by atoms with van der Waals surface area (Å²) < 4.78 is 23.3. The van der Waals surface area contributed by atoms with E-state index in [4.69, 9.17) is 8.83 Å². The fraction of sp³-hybridized carbons (Fsp3) is 0. The molecular formula is C84H50N2O2S2. The molecule has 6 aromatic heterocycles. The van der Waals surface area contributed by atoms with Gasteiger partial charge in [0, 0.05) is 73.3 Å². The van der Waals surface area contributed by atoms with E-state index < -0.39 is 0 Å². The quantitative estimate of drug-likeness (QED) is 0.166. The summed E-state index contributed by atoms with van der Waals surface area (Å²) in [6, 6.07) is 109. The van der Waals surface area contributed by atoms with Crippen LogP contribution in [0.3, 0.4) is 0 Å². The zero-order valence-electron chi connectivity index (χ0n) is 48.4. The molecule has 0 aliphatic rings. The van der Waals surface area contributed by atoms with Crippen LogP contribution in [0.5, 0.6) is 0 Å². The maximum absolute atomic E-state index is 6.68. The molecule has 90 heavy (non-hydrogen) atoms. The van der Waals surface area contributed by atoms with Gasteiger partial charge in [-0.15, -0.1) is 22.7 Å². The highest BCUT2D eigenvalue weighted by molar-refractivity contribution is 7.26. The van der Waals surface area contributed by atoms with Crippen molar-refractivity contribution >= 4 is 151 Å². The van der Waals surface area contributed by atoms with Gasteiger partial charge in [0.15, 0.2) is 11.2 Å². The molecule has 0 unspecified atom stereocenters. The fourth-order valence-electron chi connectivity index (χ4n) is 14.3. The van der Waals surface area contributed by atoms with Gasteiger partial charge in [-0.3, -0.25) is 0 Å². The van der Waals surface area contributed by atoms with Crippen molar-refractivity contribution < 1.29 is 8.83 Å². The third kappa shape index (κ3) is 7.92. The standard InChI is InChI=1S/2C42H25NOS/c1-2-12-30(13-3-1)43-37-17-9-8-16-34(37)42-41(43)35-21-19-28(23-38(35)44-42)31-14-6-7-15-32(31)29-18-20-33-36-22-26-10-4-5-11-27(26)24-40(36)45-39(33)25-29;1-2-11-29(12-3-1)43-36-17-9-8-16-33(36)42-41(43)34-21-18-27(24-37(34)44-42)30-13-6-7-14-31(30)28-19-22-35-39(25-28)45-38-23-20-26-10-4-5-15-32(26)40(35)38/h2*1-25H. The molecule has 6 heterocycles. The topological polar surface area (TPSA) is 36.1 Å². The number of fused-ring (bicyclic) bond motifs is 19. The van der Waals surface area contributed by atoms with E-state index in [1.54, 1.807) is 0 Å². The van der Waals surface area contributed by atoms with Crippen LogP contribution < -0.4 is 0 Å². The first-order valence-corrected chi connectivity index (χ1v) is 32.2. The number of rotatable bonds is 6. The van der Waals surface area contributed by atoms with Gasteiger partial charge in [0.05, 0.1) is 11.0 Å². The highest BCUT2D eigenvalue weighted by Crippen LogP contribution is 2.47. The van der Waals surface area contributed by atoms with Crippen LogP contribution in [0.2, 0.25) is 0 Å². The zero-order chi connectivity index (χ0) is 59.0. The molecular weight excluding hydrogens is 1130 g/mol. The first kappa shape index (κ1) is 50.8. The summed E-state index contributed by atoms with van der Waals surface area (Å²) in [5.74, 6) is 0. The minimum absolute atomic E-state index is 0.898. The molecule has 0 saturated carbocycles. The van der Waals surface area contributed by atoms with E-state index in [0.717, 1.165) is 88.4 Å². The Bertz CT molecular complexity index is 6280. The number of thiophene rings is 2. The molecule has 0 saturated heterocycles. The largest absolute Gasteiger partial charge is 0.454 e. The number of nitrogens with zero attached hydrogens (tertiary/aromatic N) is 2. The summed E-state index contributed by atoms with van der Waals surface area (Å²) in [5, 5.41) is 15.0. The number of para-hydroxylation sites is 4. The number of furan rings is 2. The van der Waals surface area contributed by atoms with Crippen LogP contribution in [-0.2, 0) is 0 Å². The Morgan fingerprint density at radius 2 is 0.644 bits per heavy atom. The highest BCUT2D eigenvalue weighted by Gasteiger charge is 2.23. The third-order valence-corrected chi connectivity index (χ3v) is 20.6.